The molecule has 1 aromatic rings. The molecule has 3 heterocycles. The lowest BCUT2D eigenvalue weighted by Crippen LogP contribution is -2.39. The molecule has 20 heavy (non-hydrogen) atoms. The van der Waals surface area contributed by atoms with E-state index in [2.05, 4.69) is 41.1 Å². The maximum Gasteiger partial charge on any atom is 0.131 e. The number of nitrogens with zero attached hydrogens (tertiary/aromatic N) is 3. The number of fused-ring (bicyclic) bond motifs is 2. The van der Waals surface area contributed by atoms with Gasteiger partial charge in [-0.25, -0.2) is 9.97 Å². The van der Waals surface area contributed by atoms with Gasteiger partial charge in [-0.1, -0.05) is 13.8 Å². The van der Waals surface area contributed by atoms with Crippen LogP contribution in [-0.4, -0.2) is 40.0 Å². The SMILES string of the molecule is CC(C)NCc1cnc(C2CC3CCC(C2)N3C)nc1. The Morgan fingerprint density at radius 2 is 1.80 bits per heavy atom. The highest BCUT2D eigenvalue weighted by Crippen LogP contribution is 2.40. The molecule has 0 spiro atoms. The van der Waals surface area contributed by atoms with Gasteiger partial charge in [-0.2, -0.15) is 0 Å². The van der Waals surface area contributed by atoms with E-state index >= 15 is 0 Å². The lowest BCUT2D eigenvalue weighted by Gasteiger charge is -2.35. The van der Waals surface area contributed by atoms with E-state index in [0.717, 1.165) is 24.5 Å². The third-order valence-electron chi connectivity index (χ3n) is 4.90. The second kappa shape index (κ2) is 5.78. The Morgan fingerprint density at radius 1 is 1.20 bits per heavy atom. The summed E-state index contributed by atoms with van der Waals surface area (Å²) in [7, 11) is 2.28. The van der Waals surface area contributed by atoms with Crippen LogP contribution in [0.5, 0.6) is 0 Å². The molecular formula is C16H26N4. The molecule has 2 aliphatic heterocycles. The normalized spacial score (nSPS) is 30.1. The van der Waals surface area contributed by atoms with Crippen LogP contribution in [-0.2, 0) is 6.54 Å². The van der Waals surface area contributed by atoms with Crippen molar-refractivity contribution < 1.29 is 0 Å². The van der Waals surface area contributed by atoms with Crippen molar-refractivity contribution in [3.8, 4) is 0 Å². The number of aromatic nitrogens is 2. The molecule has 0 saturated carbocycles. The molecule has 0 aliphatic carbocycles. The highest BCUT2D eigenvalue weighted by molar-refractivity contribution is 5.10. The van der Waals surface area contributed by atoms with Crippen molar-refractivity contribution in [2.75, 3.05) is 7.05 Å². The van der Waals surface area contributed by atoms with Gasteiger partial charge in [-0.3, -0.25) is 0 Å². The van der Waals surface area contributed by atoms with Gasteiger partial charge in [-0.05, 0) is 32.7 Å². The Balaban J connectivity index is 1.63. The molecule has 0 radical (unpaired) electrons. The Morgan fingerprint density at radius 3 is 2.35 bits per heavy atom. The van der Waals surface area contributed by atoms with Crippen LogP contribution in [0.1, 0.15) is 56.8 Å². The summed E-state index contributed by atoms with van der Waals surface area (Å²) in [6, 6.07) is 2.01. The van der Waals surface area contributed by atoms with E-state index < -0.39 is 0 Å². The summed E-state index contributed by atoms with van der Waals surface area (Å²) in [6.45, 7) is 5.17. The van der Waals surface area contributed by atoms with Crippen molar-refractivity contribution in [2.24, 2.45) is 0 Å². The molecule has 0 amide bonds. The molecule has 2 saturated heterocycles. The van der Waals surface area contributed by atoms with E-state index in [1.807, 2.05) is 12.4 Å². The minimum atomic E-state index is 0.499. The van der Waals surface area contributed by atoms with Crippen LogP contribution in [0, 0.1) is 0 Å². The van der Waals surface area contributed by atoms with Crippen molar-refractivity contribution in [3.63, 3.8) is 0 Å². The summed E-state index contributed by atoms with van der Waals surface area (Å²) in [5, 5.41) is 3.40. The predicted molar refractivity (Wildman–Crippen MR) is 80.6 cm³/mol. The largest absolute Gasteiger partial charge is 0.310 e. The molecule has 1 N–H and O–H groups in total. The van der Waals surface area contributed by atoms with Gasteiger partial charge in [-0.15, -0.1) is 0 Å². The van der Waals surface area contributed by atoms with Gasteiger partial charge in [0.15, 0.2) is 0 Å². The second-order valence-corrected chi connectivity index (χ2v) is 6.70. The Labute approximate surface area is 122 Å². The van der Waals surface area contributed by atoms with Crippen LogP contribution in [0.25, 0.3) is 0 Å². The summed E-state index contributed by atoms with van der Waals surface area (Å²) >= 11 is 0. The van der Waals surface area contributed by atoms with Crippen molar-refractivity contribution in [3.05, 3.63) is 23.8 Å². The first-order chi connectivity index (χ1) is 9.63. The first kappa shape index (κ1) is 14.0. The van der Waals surface area contributed by atoms with Crippen molar-refractivity contribution in [2.45, 2.75) is 70.1 Å². The third kappa shape index (κ3) is 2.86. The predicted octanol–water partition coefficient (Wildman–Crippen LogP) is 2.31. The summed E-state index contributed by atoms with van der Waals surface area (Å²) in [6.07, 6.45) is 9.17. The standard InChI is InChI=1S/C16H26N4/c1-11(2)17-8-12-9-18-16(19-10-12)13-6-14-4-5-15(7-13)20(14)3/h9-11,13-15,17H,4-8H2,1-3H3. The zero-order valence-corrected chi connectivity index (χ0v) is 12.8. The average Bonchev–Trinajstić information content (AvgIpc) is 2.67. The van der Waals surface area contributed by atoms with E-state index in [9.17, 15) is 0 Å². The first-order valence-corrected chi connectivity index (χ1v) is 7.89. The number of hydrogen-bond acceptors (Lipinski definition) is 4. The van der Waals surface area contributed by atoms with Crippen LogP contribution in [0.15, 0.2) is 12.4 Å². The lowest BCUT2D eigenvalue weighted by molar-refractivity contribution is 0.159. The quantitative estimate of drug-likeness (QED) is 0.915. The van der Waals surface area contributed by atoms with Crippen LogP contribution < -0.4 is 5.32 Å². The van der Waals surface area contributed by atoms with Gasteiger partial charge < -0.3 is 10.2 Å². The smallest absolute Gasteiger partial charge is 0.131 e. The maximum atomic E-state index is 4.63. The number of piperidine rings is 1. The van der Waals surface area contributed by atoms with E-state index in [-0.39, 0.29) is 0 Å². The molecule has 4 nitrogen and oxygen atoms in total. The molecule has 3 rings (SSSR count). The third-order valence-corrected chi connectivity index (χ3v) is 4.90. The van der Waals surface area contributed by atoms with Crippen LogP contribution in [0.4, 0.5) is 0 Å². The van der Waals surface area contributed by atoms with Crippen LogP contribution >= 0.6 is 0 Å². The van der Waals surface area contributed by atoms with Gasteiger partial charge in [0, 0.05) is 48.5 Å². The molecule has 110 valence electrons. The van der Waals surface area contributed by atoms with Crippen LogP contribution in [0.2, 0.25) is 0 Å². The van der Waals surface area contributed by atoms with Gasteiger partial charge in [0.2, 0.25) is 0 Å². The Hall–Kier alpha value is -1.00. The van der Waals surface area contributed by atoms with Gasteiger partial charge in [0.1, 0.15) is 5.82 Å². The maximum absolute atomic E-state index is 4.63. The summed E-state index contributed by atoms with van der Waals surface area (Å²) in [5.41, 5.74) is 1.18. The zero-order chi connectivity index (χ0) is 14.1. The fourth-order valence-electron chi connectivity index (χ4n) is 3.61. The van der Waals surface area contributed by atoms with Crippen molar-refractivity contribution in [1.82, 2.24) is 20.2 Å². The number of rotatable bonds is 4. The summed E-state index contributed by atoms with van der Waals surface area (Å²) in [4.78, 5) is 11.8. The van der Waals surface area contributed by atoms with Gasteiger partial charge >= 0.3 is 0 Å². The number of hydrogen-bond donors (Lipinski definition) is 1. The highest BCUT2D eigenvalue weighted by Gasteiger charge is 2.39. The lowest BCUT2D eigenvalue weighted by atomic mass is 9.90. The van der Waals surface area contributed by atoms with Crippen molar-refractivity contribution >= 4 is 0 Å². The average molecular weight is 274 g/mol. The number of nitrogens with one attached hydrogen (secondary N) is 1. The topological polar surface area (TPSA) is 41.1 Å². The molecule has 4 heteroatoms. The molecule has 2 atom stereocenters. The highest BCUT2D eigenvalue weighted by atomic mass is 15.2. The molecule has 2 bridgehead atoms. The van der Waals surface area contributed by atoms with Gasteiger partial charge in [0.25, 0.3) is 0 Å². The molecule has 2 unspecified atom stereocenters. The monoisotopic (exact) mass is 274 g/mol. The molecule has 0 aromatic carbocycles. The molecule has 2 fully saturated rings. The fourth-order valence-corrected chi connectivity index (χ4v) is 3.61. The van der Waals surface area contributed by atoms with E-state index in [1.54, 1.807) is 0 Å². The summed E-state index contributed by atoms with van der Waals surface area (Å²) < 4.78 is 0. The Bertz CT molecular complexity index is 428. The zero-order valence-electron chi connectivity index (χ0n) is 12.8. The van der Waals surface area contributed by atoms with Crippen molar-refractivity contribution in [1.29, 1.82) is 0 Å². The Kier molecular flexibility index (Phi) is 4.03. The minimum absolute atomic E-state index is 0.499. The van der Waals surface area contributed by atoms with E-state index in [0.29, 0.717) is 12.0 Å². The van der Waals surface area contributed by atoms with E-state index in [4.69, 9.17) is 0 Å². The minimum Gasteiger partial charge on any atom is -0.310 e. The molecule has 1 aromatic heterocycles. The second-order valence-electron chi connectivity index (χ2n) is 6.70. The molecule has 2 aliphatic rings. The summed E-state index contributed by atoms with van der Waals surface area (Å²) in [5.74, 6) is 1.62. The van der Waals surface area contributed by atoms with E-state index in [1.165, 1.54) is 31.2 Å². The van der Waals surface area contributed by atoms with Gasteiger partial charge in [0.05, 0.1) is 0 Å². The van der Waals surface area contributed by atoms with Crippen LogP contribution in [0.3, 0.4) is 0 Å². The molecular weight excluding hydrogens is 248 g/mol. The fraction of sp³-hybridized carbons (Fsp3) is 0.750. The first-order valence-electron chi connectivity index (χ1n) is 7.89.